The van der Waals surface area contributed by atoms with Gasteiger partial charge < -0.3 is 5.73 Å². The molecule has 4 nitrogen and oxygen atoms in total. The lowest BCUT2D eigenvalue weighted by Crippen LogP contribution is -2.58. The Morgan fingerprint density at radius 2 is 1.72 bits per heavy atom. The van der Waals surface area contributed by atoms with Crippen LogP contribution in [-0.2, 0) is 0 Å². The Balaban J connectivity index is 1.92. The lowest BCUT2D eigenvalue weighted by atomic mass is 9.97. The summed E-state index contributed by atoms with van der Waals surface area (Å²) in [6, 6.07) is 1.22. The second-order valence-corrected chi connectivity index (χ2v) is 10.6. The van der Waals surface area contributed by atoms with E-state index in [0.717, 1.165) is 69.0 Å². The number of piperazine rings is 1. The zero-order valence-corrected chi connectivity index (χ0v) is 23.6. The summed E-state index contributed by atoms with van der Waals surface area (Å²) in [6.45, 7) is 25.4. The van der Waals surface area contributed by atoms with Gasteiger partial charge in [-0.05, 0) is 81.6 Å². The van der Waals surface area contributed by atoms with E-state index in [1.807, 2.05) is 19.9 Å². The fraction of sp³-hybridized carbons (Fsp3) is 0.613. The molecule has 36 heavy (non-hydrogen) atoms. The van der Waals surface area contributed by atoms with E-state index < -0.39 is 0 Å². The monoisotopic (exact) mass is 498 g/mol. The largest absolute Gasteiger partial charge is 0.404 e. The minimum Gasteiger partial charge on any atom is -0.404 e. The van der Waals surface area contributed by atoms with E-state index in [4.69, 9.17) is 5.73 Å². The Kier molecular flexibility index (Phi) is 12.9. The second-order valence-electron chi connectivity index (χ2n) is 10.6. The summed E-state index contributed by atoms with van der Waals surface area (Å²) in [5, 5.41) is 0. The van der Waals surface area contributed by atoms with Crippen molar-refractivity contribution < 1.29 is 4.39 Å². The molecular formula is C31H51FN4. The van der Waals surface area contributed by atoms with Gasteiger partial charge in [-0.1, -0.05) is 51.2 Å². The zero-order valence-electron chi connectivity index (χ0n) is 23.6. The molecule has 0 bridgehead atoms. The van der Waals surface area contributed by atoms with E-state index in [1.54, 1.807) is 18.4 Å². The predicted molar refractivity (Wildman–Crippen MR) is 154 cm³/mol. The van der Waals surface area contributed by atoms with Gasteiger partial charge in [0.1, 0.15) is 5.83 Å². The normalized spacial score (nSPS) is 23.9. The highest BCUT2D eigenvalue weighted by Crippen LogP contribution is 2.25. The van der Waals surface area contributed by atoms with Gasteiger partial charge in [-0.15, -0.1) is 6.58 Å². The first kappa shape index (κ1) is 30.3. The van der Waals surface area contributed by atoms with E-state index in [2.05, 4.69) is 54.7 Å². The van der Waals surface area contributed by atoms with Gasteiger partial charge in [0.2, 0.25) is 0 Å². The minimum absolute atomic E-state index is 0.0865. The standard InChI is InChI=1S/C31H51FN4/c1-8-24(5)19-31(32)27(10-3)22-34-14-12-30(13-15-34)36-17-16-35(23-29(36)11-4)21-25(6)18-28(20-33)26(7)9-2/h8-9,18-20,26,29-30H,1-2,10-17,21-23,33H2,3-7H3/b24-19-,25-18-,28-20+,31-27-. The number of nitrogens with zero attached hydrogens (tertiary/aromatic N) is 3. The molecule has 0 radical (unpaired) electrons. The number of piperidine rings is 1. The van der Waals surface area contributed by atoms with Crippen LogP contribution in [0, 0.1) is 5.92 Å². The van der Waals surface area contributed by atoms with Gasteiger partial charge in [0.15, 0.2) is 0 Å². The molecule has 2 rings (SSSR count). The molecule has 2 unspecified atom stereocenters. The van der Waals surface area contributed by atoms with Crippen molar-refractivity contribution in [2.75, 3.05) is 45.8 Å². The molecule has 2 heterocycles. The lowest BCUT2D eigenvalue weighted by Gasteiger charge is -2.47. The molecular weight excluding hydrogens is 447 g/mol. The number of hydrogen-bond donors (Lipinski definition) is 1. The first-order valence-corrected chi connectivity index (χ1v) is 13.9. The molecule has 0 aromatic heterocycles. The topological polar surface area (TPSA) is 35.7 Å². The van der Waals surface area contributed by atoms with Crippen molar-refractivity contribution in [3.63, 3.8) is 0 Å². The Labute approximate surface area is 220 Å². The van der Waals surface area contributed by atoms with Crippen molar-refractivity contribution in [3.05, 3.63) is 71.8 Å². The number of halogens is 1. The van der Waals surface area contributed by atoms with Gasteiger partial charge in [0.25, 0.3) is 0 Å². The number of allylic oxidation sites excluding steroid dienone is 7. The molecule has 202 valence electrons. The molecule has 2 aliphatic heterocycles. The lowest BCUT2D eigenvalue weighted by molar-refractivity contribution is 0.0175. The van der Waals surface area contributed by atoms with Crippen molar-refractivity contribution in [3.8, 4) is 0 Å². The highest BCUT2D eigenvalue weighted by Gasteiger charge is 2.33. The highest BCUT2D eigenvalue weighted by molar-refractivity contribution is 5.28. The van der Waals surface area contributed by atoms with E-state index in [1.165, 1.54) is 24.8 Å². The molecule has 2 fully saturated rings. The first-order chi connectivity index (χ1) is 17.3. The molecule has 5 heteroatoms. The Hall–Kier alpha value is -1.95. The summed E-state index contributed by atoms with van der Waals surface area (Å²) in [5.74, 6) is 0.181. The number of likely N-dealkylation sites (tertiary alicyclic amines) is 1. The summed E-state index contributed by atoms with van der Waals surface area (Å²) in [4.78, 5) is 7.80. The molecule has 0 aliphatic carbocycles. The van der Waals surface area contributed by atoms with E-state index in [9.17, 15) is 4.39 Å². The maximum atomic E-state index is 14.7. The van der Waals surface area contributed by atoms with Crippen molar-refractivity contribution >= 4 is 0 Å². The quantitative estimate of drug-likeness (QED) is 0.256. The van der Waals surface area contributed by atoms with Crippen LogP contribution in [0.3, 0.4) is 0 Å². The van der Waals surface area contributed by atoms with Crippen LogP contribution < -0.4 is 5.73 Å². The van der Waals surface area contributed by atoms with E-state index in [-0.39, 0.29) is 11.7 Å². The van der Waals surface area contributed by atoms with Crippen LogP contribution in [-0.4, -0.2) is 72.6 Å². The zero-order chi connectivity index (χ0) is 26.7. The molecule has 2 N–H and O–H groups in total. The average Bonchev–Trinajstić information content (AvgIpc) is 2.89. The summed E-state index contributed by atoms with van der Waals surface area (Å²) < 4.78 is 14.7. The maximum absolute atomic E-state index is 14.7. The average molecular weight is 499 g/mol. The van der Waals surface area contributed by atoms with Crippen LogP contribution in [0.2, 0.25) is 0 Å². The van der Waals surface area contributed by atoms with Crippen LogP contribution in [0.1, 0.15) is 60.3 Å². The predicted octanol–water partition coefficient (Wildman–Crippen LogP) is 6.22. The third-order valence-corrected chi connectivity index (χ3v) is 7.92. The number of rotatable bonds is 12. The Bertz CT molecular complexity index is 845. The van der Waals surface area contributed by atoms with Crippen molar-refractivity contribution in [2.24, 2.45) is 11.7 Å². The van der Waals surface area contributed by atoms with Crippen LogP contribution >= 0.6 is 0 Å². The smallest absolute Gasteiger partial charge is 0.123 e. The summed E-state index contributed by atoms with van der Waals surface area (Å²) >= 11 is 0. The Morgan fingerprint density at radius 3 is 2.28 bits per heavy atom. The molecule has 2 saturated heterocycles. The molecule has 0 aromatic carbocycles. The minimum atomic E-state index is -0.0865. The van der Waals surface area contributed by atoms with Gasteiger partial charge in [0.05, 0.1) is 0 Å². The summed E-state index contributed by atoms with van der Waals surface area (Å²) in [6.07, 6.45) is 13.5. The Morgan fingerprint density at radius 1 is 1.03 bits per heavy atom. The van der Waals surface area contributed by atoms with Crippen LogP contribution in [0.25, 0.3) is 0 Å². The molecule has 0 aromatic rings. The first-order valence-electron chi connectivity index (χ1n) is 13.9. The second kappa shape index (κ2) is 15.3. The number of hydrogen-bond acceptors (Lipinski definition) is 4. The molecule has 0 amide bonds. The fourth-order valence-corrected chi connectivity index (χ4v) is 5.47. The van der Waals surface area contributed by atoms with Crippen LogP contribution in [0.5, 0.6) is 0 Å². The van der Waals surface area contributed by atoms with E-state index in [0.29, 0.717) is 12.1 Å². The third-order valence-electron chi connectivity index (χ3n) is 7.92. The molecule has 2 atom stereocenters. The maximum Gasteiger partial charge on any atom is 0.123 e. The van der Waals surface area contributed by atoms with Gasteiger partial charge >= 0.3 is 0 Å². The van der Waals surface area contributed by atoms with E-state index >= 15 is 0 Å². The fourth-order valence-electron chi connectivity index (χ4n) is 5.47. The molecule has 0 saturated carbocycles. The summed E-state index contributed by atoms with van der Waals surface area (Å²) in [7, 11) is 0. The van der Waals surface area contributed by atoms with Gasteiger partial charge in [-0.25, -0.2) is 4.39 Å². The van der Waals surface area contributed by atoms with Crippen LogP contribution in [0.4, 0.5) is 4.39 Å². The number of nitrogens with two attached hydrogens (primary N) is 1. The molecule has 2 aliphatic rings. The molecule has 0 spiro atoms. The third kappa shape index (κ3) is 8.86. The van der Waals surface area contributed by atoms with Gasteiger partial charge in [-0.2, -0.15) is 0 Å². The highest BCUT2D eigenvalue weighted by atomic mass is 19.1. The van der Waals surface area contributed by atoms with Gasteiger partial charge in [-0.3, -0.25) is 14.7 Å². The van der Waals surface area contributed by atoms with Crippen molar-refractivity contribution in [2.45, 2.75) is 72.4 Å². The van der Waals surface area contributed by atoms with Crippen molar-refractivity contribution in [1.82, 2.24) is 14.7 Å². The van der Waals surface area contributed by atoms with Gasteiger partial charge in [0, 0.05) is 50.7 Å². The SMILES string of the molecule is C=C/C(C)=C\C(F)=C(/CC)CN1CCC(N2CCN(C/C(C)=C\C(=C/N)C(C)C=C)CC2CC)CC1. The summed E-state index contributed by atoms with van der Waals surface area (Å²) in [5.41, 5.74) is 10.1. The van der Waals surface area contributed by atoms with Crippen LogP contribution in [0.15, 0.2) is 71.8 Å². The van der Waals surface area contributed by atoms with Crippen molar-refractivity contribution in [1.29, 1.82) is 0 Å².